The van der Waals surface area contributed by atoms with Gasteiger partial charge >= 0.3 is 6.03 Å². The van der Waals surface area contributed by atoms with Crippen LogP contribution in [0.1, 0.15) is 16.7 Å². The summed E-state index contributed by atoms with van der Waals surface area (Å²) in [5.74, 6) is -0.817. The van der Waals surface area contributed by atoms with Gasteiger partial charge in [-0.25, -0.2) is 13.6 Å². The average molecular weight is 499 g/mol. The lowest BCUT2D eigenvalue weighted by molar-refractivity contribution is -0.123. The van der Waals surface area contributed by atoms with E-state index >= 15 is 0 Å². The molecule has 1 N–H and O–H groups in total. The van der Waals surface area contributed by atoms with Crippen LogP contribution in [0.5, 0.6) is 5.75 Å². The molecule has 32 heavy (non-hydrogen) atoms. The lowest BCUT2D eigenvalue weighted by Crippen LogP contribution is -2.30. The molecular formula is C24H17BrF2N2O3. The maximum Gasteiger partial charge on any atom is 0.329 e. The fourth-order valence-electron chi connectivity index (χ4n) is 3.19. The number of carbonyl (C=O) groups is 2. The second-order valence-electron chi connectivity index (χ2n) is 7.08. The van der Waals surface area contributed by atoms with Crippen LogP contribution in [0.3, 0.4) is 0 Å². The molecule has 5 nitrogen and oxygen atoms in total. The molecule has 3 aromatic rings. The molecule has 0 aromatic heterocycles. The zero-order valence-electron chi connectivity index (χ0n) is 16.6. The van der Waals surface area contributed by atoms with Gasteiger partial charge in [-0.3, -0.25) is 9.69 Å². The SMILES string of the molecule is O=C1N/C(=C/c2ccc(OCc3cccc(F)c3)c(Br)c2)C(=O)N1Cc1ccccc1F. The van der Waals surface area contributed by atoms with Crippen LogP contribution in [-0.2, 0) is 17.9 Å². The molecule has 0 spiro atoms. The third-order valence-corrected chi connectivity index (χ3v) is 5.42. The maximum atomic E-state index is 13.9. The van der Waals surface area contributed by atoms with Gasteiger partial charge < -0.3 is 10.1 Å². The predicted molar refractivity (Wildman–Crippen MR) is 118 cm³/mol. The number of ether oxygens (including phenoxy) is 1. The number of benzene rings is 3. The van der Waals surface area contributed by atoms with E-state index in [0.29, 0.717) is 21.3 Å². The van der Waals surface area contributed by atoms with E-state index in [4.69, 9.17) is 4.74 Å². The van der Waals surface area contributed by atoms with Crippen molar-refractivity contribution in [2.75, 3.05) is 0 Å². The summed E-state index contributed by atoms with van der Waals surface area (Å²) < 4.78 is 33.5. The summed E-state index contributed by atoms with van der Waals surface area (Å²) in [5.41, 5.74) is 1.68. The van der Waals surface area contributed by atoms with E-state index in [1.165, 1.54) is 30.3 Å². The Morgan fingerprint density at radius 1 is 1.00 bits per heavy atom. The van der Waals surface area contributed by atoms with Crippen LogP contribution in [0.4, 0.5) is 13.6 Å². The first-order chi connectivity index (χ1) is 15.4. The van der Waals surface area contributed by atoms with Crippen molar-refractivity contribution in [3.63, 3.8) is 0 Å². The Morgan fingerprint density at radius 3 is 2.56 bits per heavy atom. The van der Waals surface area contributed by atoms with Crippen molar-refractivity contribution >= 4 is 33.9 Å². The number of carbonyl (C=O) groups excluding carboxylic acids is 2. The van der Waals surface area contributed by atoms with Crippen LogP contribution in [0, 0.1) is 11.6 Å². The van der Waals surface area contributed by atoms with Crippen LogP contribution in [-0.4, -0.2) is 16.8 Å². The number of nitrogens with one attached hydrogen (secondary N) is 1. The summed E-state index contributed by atoms with van der Waals surface area (Å²) in [7, 11) is 0. The maximum absolute atomic E-state index is 13.9. The fourth-order valence-corrected chi connectivity index (χ4v) is 3.70. The molecule has 162 valence electrons. The molecule has 1 fully saturated rings. The van der Waals surface area contributed by atoms with Gasteiger partial charge in [0.05, 0.1) is 11.0 Å². The molecule has 0 unspecified atom stereocenters. The van der Waals surface area contributed by atoms with Gasteiger partial charge in [0.25, 0.3) is 5.91 Å². The minimum Gasteiger partial charge on any atom is -0.488 e. The number of amides is 3. The Labute approximate surface area is 191 Å². The van der Waals surface area contributed by atoms with Gasteiger partial charge in [-0.15, -0.1) is 0 Å². The van der Waals surface area contributed by atoms with Crippen LogP contribution in [0.25, 0.3) is 6.08 Å². The number of hydrogen-bond acceptors (Lipinski definition) is 3. The molecule has 1 saturated heterocycles. The Kier molecular flexibility index (Phi) is 6.32. The van der Waals surface area contributed by atoms with Crippen molar-refractivity contribution in [3.8, 4) is 5.75 Å². The first-order valence-electron chi connectivity index (χ1n) is 9.65. The summed E-state index contributed by atoms with van der Waals surface area (Å²) in [5, 5.41) is 2.52. The summed E-state index contributed by atoms with van der Waals surface area (Å²) in [6.45, 7) is 0.0293. The standard InChI is InChI=1S/C24H17BrF2N2O3/c25-19-11-15(8-9-22(19)32-14-16-4-3-6-18(26)10-16)12-21-23(30)29(24(31)28-21)13-17-5-1-2-7-20(17)27/h1-12H,13-14H2,(H,28,31)/b21-12+. The van der Waals surface area contributed by atoms with Gasteiger partial charge in [-0.2, -0.15) is 0 Å². The van der Waals surface area contributed by atoms with Crippen LogP contribution >= 0.6 is 15.9 Å². The first kappa shape index (κ1) is 21.7. The minimum atomic E-state index is -0.612. The number of urea groups is 1. The highest BCUT2D eigenvalue weighted by molar-refractivity contribution is 9.10. The zero-order valence-corrected chi connectivity index (χ0v) is 18.2. The molecule has 0 saturated carbocycles. The number of nitrogens with zero attached hydrogens (tertiary/aromatic N) is 1. The van der Waals surface area contributed by atoms with Gasteiger partial charge in [0.15, 0.2) is 0 Å². The molecule has 0 aliphatic carbocycles. The summed E-state index contributed by atoms with van der Waals surface area (Å²) in [6.07, 6.45) is 1.53. The smallest absolute Gasteiger partial charge is 0.329 e. The topological polar surface area (TPSA) is 58.6 Å². The first-order valence-corrected chi connectivity index (χ1v) is 10.4. The summed E-state index contributed by atoms with van der Waals surface area (Å²) >= 11 is 3.42. The molecule has 3 amide bonds. The van der Waals surface area contributed by atoms with Gasteiger partial charge in [0.1, 0.15) is 29.7 Å². The zero-order chi connectivity index (χ0) is 22.7. The summed E-state index contributed by atoms with van der Waals surface area (Å²) in [4.78, 5) is 25.9. The highest BCUT2D eigenvalue weighted by Gasteiger charge is 2.34. The number of imide groups is 1. The van der Waals surface area contributed by atoms with E-state index in [9.17, 15) is 18.4 Å². The molecule has 8 heteroatoms. The van der Waals surface area contributed by atoms with Crippen LogP contribution in [0.15, 0.2) is 76.9 Å². The monoisotopic (exact) mass is 498 g/mol. The van der Waals surface area contributed by atoms with E-state index in [2.05, 4.69) is 21.2 Å². The van der Waals surface area contributed by atoms with Crippen molar-refractivity contribution < 1.29 is 23.1 Å². The number of halogens is 3. The normalized spacial score (nSPS) is 14.7. The molecule has 1 aliphatic heterocycles. The third-order valence-electron chi connectivity index (χ3n) is 4.80. The van der Waals surface area contributed by atoms with Crippen molar-refractivity contribution in [1.82, 2.24) is 10.2 Å². The van der Waals surface area contributed by atoms with Crippen molar-refractivity contribution in [2.45, 2.75) is 13.2 Å². The highest BCUT2D eigenvalue weighted by Crippen LogP contribution is 2.28. The van der Waals surface area contributed by atoms with Crippen LogP contribution < -0.4 is 10.1 Å². The second-order valence-corrected chi connectivity index (χ2v) is 7.93. The molecule has 0 radical (unpaired) electrons. The second kappa shape index (κ2) is 9.32. The Morgan fingerprint density at radius 2 is 1.81 bits per heavy atom. The minimum absolute atomic E-state index is 0.0895. The van der Waals surface area contributed by atoms with E-state index in [1.54, 1.807) is 42.5 Å². The van der Waals surface area contributed by atoms with Gasteiger partial charge in [0, 0.05) is 5.56 Å². The number of rotatable bonds is 6. The van der Waals surface area contributed by atoms with Crippen molar-refractivity contribution in [3.05, 3.63) is 105 Å². The van der Waals surface area contributed by atoms with Gasteiger partial charge in [-0.1, -0.05) is 36.4 Å². The van der Waals surface area contributed by atoms with E-state index in [-0.39, 0.29) is 30.2 Å². The van der Waals surface area contributed by atoms with E-state index in [0.717, 1.165) is 4.90 Å². The molecule has 1 aliphatic rings. The largest absolute Gasteiger partial charge is 0.488 e. The van der Waals surface area contributed by atoms with Gasteiger partial charge in [-0.05, 0) is 63.5 Å². The molecule has 3 aromatic carbocycles. The molecule has 4 rings (SSSR count). The van der Waals surface area contributed by atoms with Crippen molar-refractivity contribution in [2.24, 2.45) is 0 Å². The molecular weight excluding hydrogens is 482 g/mol. The van der Waals surface area contributed by atoms with E-state index < -0.39 is 17.8 Å². The Hall–Kier alpha value is -3.52. The Bertz CT molecular complexity index is 1230. The molecule has 1 heterocycles. The van der Waals surface area contributed by atoms with Crippen LogP contribution in [0.2, 0.25) is 0 Å². The lowest BCUT2D eigenvalue weighted by Gasteiger charge is -2.12. The Balaban J connectivity index is 1.46. The molecule has 0 bridgehead atoms. The fraction of sp³-hybridized carbons (Fsp3) is 0.0833. The van der Waals surface area contributed by atoms with Crippen molar-refractivity contribution in [1.29, 1.82) is 0 Å². The predicted octanol–water partition coefficient (Wildman–Crippen LogP) is 5.40. The summed E-state index contributed by atoms with van der Waals surface area (Å²) in [6, 6.07) is 16.7. The van der Waals surface area contributed by atoms with E-state index in [1.807, 2.05) is 0 Å². The third kappa shape index (κ3) is 4.86. The lowest BCUT2D eigenvalue weighted by atomic mass is 10.1. The van der Waals surface area contributed by atoms with Gasteiger partial charge in [0.2, 0.25) is 0 Å². The molecule has 0 atom stereocenters. The number of hydrogen-bond donors (Lipinski definition) is 1. The quantitative estimate of drug-likeness (QED) is 0.365. The highest BCUT2D eigenvalue weighted by atomic mass is 79.9. The average Bonchev–Trinajstić information content (AvgIpc) is 3.02.